The highest BCUT2D eigenvalue weighted by atomic mass is 19.1. The van der Waals surface area contributed by atoms with Crippen LogP contribution < -0.4 is 10.2 Å². The molecule has 0 unspecified atom stereocenters. The minimum atomic E-state index is -1.18. The molecule has 1 aliphatic rings. The maximum atomic E-state index is 13.3. The van der Waals surface area contributed by atoms with E-state index in [0.29, 0.717) is 17.1 Å². The standard InChI is InChI=1S/C23H23FN4O2/c1-13-6-5-7-14(2)20(13)21(15(3)25)22-26-18(23(29)30)12-19(27-22)28(4)17-10-8-16(24)9-11-17/h5-12,25,27H,1-4H3,(H,29,30)/b22-21+,25-15?. The molecular weight excluding hydrogens is 383 g/mol. The number of aliphatic carboxylic acids is 1. The van der Waals surface area contributed by atoms with Gasteiger partial charge in [-0.15, -0.1) is 0 Å². The van der Waals surface area contributed by atoms with Gasteiger partial charge in [-0.1, -0.05) is 18.2 Å². The molecule has 2 aromatic carbocycles. The molecule has 0 saturated heterocycles. The Morgan fingerprint density at radius 3 is 2.27 bits per heavy atom. The predicted octanol–water partition coefficient (Wildman–Crippen LogP) is 4.26. The highest BCUT2D eigenvalue weighted by Gasteiger charge is 2.24. The molecule has 2 aromatic rings. The lowest BCUT2D eigenvalue weighted by Gasteiger charge is -2.28. The fourth-order valence-corrected chi connectivity index (χ4v) is 3.37. The smallest absolute Gasteiger partial charge is 0.354 e. The van der Waals surface area contributed by atoms with Crippen molar-refractivity contribution in [2.24, 2.45) is 4.99 Å². The number of carboxylic acid groups (broad SMARTS) is 1. The largest absolute Gasteiger partial charge is 0.477 e. The van der Waals surface area contributed by atoms with Gasteiger partial charge in [0.05, 0.1) is 0 Å². The van der Waals surface area contributed by atoms with Gasteiger partial charge in [-0.2, -0.15) is 0 Å². The molecule has 0 radical (unpaired) electrons. The van der Waals surface area contributed by atoms with E-state index in [-0.39, 0.29) is 23.1 Å². The third kappa shape index (κ3) is 4.15. The first-order chi connectivity index (χ1) is 14.2. The van der Waals surface area contributed by atoms with Crippen molar-refractivity contribution in [2.75, 3.05) is 11.9 Å². The second-order valence-electron chi connectivity index (χ2n) is 7.11. The maximum absolute atomic E-state index is 13.3. The molecule has 0 atom stereocenters. The van der Waals surface area contributed by atoms with E-state index in [9.17, 15) is 14.3 Å². The van der Waals surface area contributed by atoms with Crippen molar-refractivity contribution in [3.63, 3.8) is 0 Å². The van der Waals surface area contributed by atoms with Gasteiger partial charge >= 0.3 is 5.97 Å². The second kappa shape index (κ2) is 8.32. The summed E-state index contributed by atoms with van der Waals surface area (Å²) in [7, 11) is 1.74. The Morgan fingerprint density at radius 1 is 1.13 bits per heavy atom. The first kappa shape index (κ1) is 21.0. The van der Waals surface area contributed by atoms with Crippen LogP contribution in [0.25, 0.3) is 5.57 Å². The number of carboxylic acids is 1. The molecule has 154 valence electrons. The lowest BCUT2D eigenvalue weighted by molar-refractivity contribution is -0.129. The molecule has 0 aliphatic carbocycles. The lowest BCUT2D eigenvalue weighted by atomic mass is 9.92. The Balaban J connectivity index is 2.17. The molecule has 7 heteroatoms. The number of rotatable bonds is 5. The molecule has 0 spiro atoms. The van der Waals surface area contributed by atoms with E-state index in [0.717, 1.165) is 16.7 Å². The second-order valence-corrected chi connectivity index (χ2v) is 7.11. The summed E-state index contributed by atoms with van der Waals surface area (Å²) in [5.74, 6) is -0.803. The number of benzene rings is 2. The van der Waals surface area contributed by atoms with Crippen molar-refractivity contribution in [1.82, 2.24) is 5.32 Å². The monoisotopic (exact) mass is 406 g/mol. The van der Waals surface area contributed by atoms with Gasteiger partial charge in [-0.05, 0) is 61.7 Å². The van der Waals surface area contributed by atoms with Gasteiger partial charge in [-0.25, -0.2) is 14.2 Å². The Morgan fingerprint density at radius 2 is 1.73 bits per heavy atom. The van der Waals surface area contributed by atoms with Gasteiger partial charge in [0.25, 0.3) is 0 Å². The number of hydrogen-bond acceptors (Lipinski definition) is 5. The number of allylic oxidation sites excluding steroid dienone is 1. The Kier molecular flexibility index (Phi) is 5.82. The van der Waals surface area contributed by atoms with E-state index < -0.39 is 5.97 Å². The van der Waals surface area contributed by atoms with Crippen molar-refractivity contribution in [1.29, 1.82) is 5.41 Å². The van der Waals surface area contributed by atoms with E-state index in [4.69, 9.17) is 5.41 Å². The average molecular weight is 406 g/mol. The van der Waals surface area contributed by atoms with Crippen molar-refractivity contribution in [3.05, 3.63) is 82.7 Å². The SMILES string of the molecule is CC(=N)/C(=C1/N=C(C(=O)O)C=C(N(C)c2ccc(F)cc2)N1)c1c(C)cccc1C. The molecule has 30 heavy (non-hydrogen) atoms. The first-order valence-electron chi connectivity index (χ1n) is 9.35. The quantitative estimate of drug-likeness (QED) is 0.648. The van der Waals surface area contributed by atoms with Crippen LogP contribution in [-0.4, -0.2) is 29.5 Å². The van der Waals surface area contributed by atoms with Gasteiger partial charge in [0.1, 0.15) is 17.5 Å². The van der Waals surface area contributed by atoms with Crippen LogP contribution in [0.2, 0.25) is 0 Å². The number of nitrogens with zero attached hydrogens (tertiary/aromatic N) is 2. The number of aryl methyl sites for hydroxylation is 2. The molecule has 1 heterocycles. The van der Waals surface area contributed by atoms with Crippen LogP contribution in [0.1, 0.15) is 23.6 Å². The zero-order valence-electron chi connectivity index (χ0n) is 17.2. The molecule has 6 nitrogen and oxygen atoms in total. The molecule has 3 N–H and O–H groups in total. The predicted molar refractivity (Wildman–Crippen MR) is 117 cm³/mol. The van der Waals surface area contributed by atoms with Crippen molar-refractivity contribution >= 4 is 28.7 Å². The molecule has 3 rings (SSSR count). The number of anilines is 1. The summed E-state index contributed by atoms with van der Waals surface area (Å²) in [5.41, 5.74) is 4.06. The van der Waals surface area contributed by atoms with Crippen molar-refractivity contribution < 1.29 is 14.3 Å². The van der Waals surface area contributed by atoms with Crippen LogP contribution >= 0.6 is 0 Å². The molecule has 1 aliphatic heterocycles. The Bertz CT molecular complexity index is 1090. The van der Waals surface area contributed by atoms with Crippen LogP contribution in [0, 0.1) is 25.1 Å². The third-order valence-electron chi connectivity index (χ3n) is 4.89. The summed E-state index contributed by atoms with van der Waals surface area (Å²) < 4.78 is 13.3. The number of hydrogen-bond donors (Lipinski definition) is 3. The zero-order valence-corrected chi connectivity index (χ0v) is 17.2. The van der Waals surface area contributed by atoms with Gasteiger partial charge < -0.3 is 20.7 Å². The minimum Gasteiger partial charge on any atom is -0.477 e. The van der Waals surface area contributed by atoms with E-state index in [1.54, 1.807) is 31.0 Å². The Hall–Kier alpha value is -3.74. The van der Waals surface area contributed by atoms with Gasteiger partial charge in [0.2, 0.25) is 0 Å². The normalized spacial score (nSPS) is 15.0. The van der Waals surface area contributed by atoms with E-state index in [2.05, 4.69) is 10.3 Å². The zero-order chi connectivity index (χ0) is 22.0. The number of nitrogens with one attached hydrogen (secondary N) is 2. The van der Waals surface area contributed by atoms with Crippen LogP contribution in [-0.2, 0) is 4.79 Å². The fraction of sp³-hybridized carbons (Fsp3) is 0.174. The van der Waals surface area contributed by atoms with Gasteiger partial charge in [-0.3, -0.25) is 0 Å². The summed E-state index contributed by atoms with van der Waals surface area (Å²) in [6.07, 6.45) is 1.41. The van der Waals surface area contributed by atoms with E-state index in [1.807, 2.05) is 32.0 Å². The summed E-state index contributed by atoms with van der Waals surface area (Å²) >= 11 is 0. The van der Waals surface area contributed by atoms with Crippen LogP contribution in [0.15, 0.2) is 65.2 Å². The maximum Gasteiger partial charge on any atom is 0.354 e. The molecule has 0 bridgehead atoms. The summed E-state index contributed by atoms with van der Waals surface area (Å²) in [6, 6.07) is 11.7. The molecule has 0 fully saturated rings. The topological polar surface area (TPSA) is 88.8 Å². The van der Waals surface area contributed by atoms with Gasteiger partial charge in [0, 0.05) is 30.1 Å². The summed E-state index contributed by atoms with van der Waals surface area (Å²) in [4.78, 5) is 17.8. The molecular formula is C23H23FN4O2. The summed E-state index contributed by atoms with van der Waals surface area (Å²) in [6.45, 7) is 5.53. The van der Waals surface area contributed by atoms with Crippen LogP contribution in [0.5, 0.6) is 0 Å². The summed E-state index contributed by atoms with van der Waals surface area (Å²) in [5, 5.41) is 21.1. The van der Waals surface area contributed by atoms with E-state index in [1.165, 1.54) is 18.2 Å². The van der Waals surface area contributed by atoms with Crippen LogP contribution in [0.3, 0.4) is 0 Å². The highest BCUT2D eigenvalue weighted by molar-refractivity contribution is 6.41. The highest BCUT2D eigenvalue weighted by Crippen LogP contribution is 2.29. The third-order valence-corrected chi connectivity index (χ3v) is 4.89. The van der Waals surface area contributed by atoms with Gasteiger partial charge in [0.15, 0.2) is 5.71 Å². The van der Waals surface area contributed by atoms with Crippen molar-refractivity contribution in [3.8, 4) is 0 Å². The number of carbonyl (C=O) groups is 1. The van der Waals surface area contributed by atoms with Crippen molar-refractivity contribution in [2.45, 2.75) is 20.8 Å². The number of halogens is 1. The van der Waals surface area contributed by atoms with Crippen LogP contribution in [0.4, 0.5) is 10.1 Å². The first-order valence-corrected chi connectivity index (χ1v) is 9.35. The Labute approximate surface area is 174 Å². The molecule has 0 saturated carbocycles. The molecule has 0 aromatic heterocycles. The number of aliphatic imine (C=N–C) groups is 1. The molecule has 0 amide bonds. The fourth-order valence-electron chi connectivity index (χ4n) is 3.37. The lowest BCUT2D eigenvalue weighted by Crippen LogP contribution is -2.34. The van der Waals surface area contributed by atoms with E-state index >= 15 is 0 Å². The average Bonchev–Trinajstić information content (AvgIpc) is 2.70. The minimum absolute atomic E-state index is 0.155.